The van der Waals surface area contributed by atoms with Gasteiger partial charge < -0.3 is 15.2 Å². The zero-order valence-electron chi connectivity index (χ0n) is 14.8. The number of carboxylic acid groups (broad SMARTS) is 1. The van der Waals surface area contributed by atoms with Crippen LogP contribution in [0.2, 0.25) is 0 Å². The summed E-state index contributed by atoms with van der Waals surface area (Å²) in [7, 11) is 0. The van der Waals surface area contributed by atoms with E-state index in [1.54, 1.807) is 0 Å². The molecule has 5 nitrogen and oxygen atoms in total. The first-order chi connectivity index (χ1) is 13.3. The number of hydrogen-bond acceptors (Lipinski definition) is 3. The van der Waals surface area contributed by atoms with Crippen molar-refractivity contribution < 1.29 is 32.6 Å². The fraction of sp³-hybridized carbons (Fsp3) is 0.300. The van der Waals surface area contributed by atoms with E-state index in [0.717, 1.165) is 23.3 Å². The number of carbonyl (C=O) groups excluding carboxylic acids is 1. The molecule has 0 atom stereocenters. The van der Waals surface area contributed by atoms with Crippen molar-refractivity contribution >= 4 is 17.6 Å². The molecule has 1 aliphatic rings. The number of aliphatic carboxylic acids is 1. The number of benzene rings is 2. The molecule has 28 heavy (non-hydrogen) atoms. The van der Waals surface area contributed by atoms with Gasteiger partial charge in [0.15, 0.2) is 0 Å². The van der Waals surface area contributed by atoms with Gasteiger partial charge in [-0.1, -0.05) is 24.3 Å². The van der Waals surface area contributed by atoms with E-state index < -0.39 is 36.1 Å². The minimum absolute atomic E-state index is 0.00287. The van der Waals surface area contributed by atoms with Crippen molar-refractivity contribution in [3.8, 4) is 5.75 Å². The van der Waals surface area contributed by atoms with Crippen molar-refractivity contribution in [2.45, 2.75) is 25.7 Å². The lowest BCUT2D eigenvalue weighted by Gasteiger charge is -2.23. The van der Waals surface area contributed by atoms with Crippen LogP contribution >= 0.6 is 0 Å². The van der Waals surface area contributed by atoms with Gasteiger partial charge in [0.1, 0.15) is 18.2 Å². The lowest BCUT2D eigenvalue weighted by atomic mass is 9.81. The number of carbonyl (C=O) groups is 2. The van der Waals surface area contributed by atoms with Gasteiger partial charge in [0, 0.05) is 12.5 Å². The molecule has 1 amide bonds. The average molecular weight is 393 g/mol. The molecule has 0 unspecified atom stereocenters. The fourth-order valence-corrected chi connectivity index (χ4v) is 3.42. The summed E-state index contributed by atoms with van der Waals surface area (Å²) in [6.07, 6.45) is -2.66. The number of rotatable bonds is 7. The van der Waals surface area contributed by atoms with E-state index in [4.69, 9.17) is 4.74 Å². The lowest BCUT2D eigenvalue weighted by Crippen LogP contribution is -2.36. The predicted octanol–water partition coefficient (Wildman–Crippen LogP) is 3.67. The molecule has 0 radical (unpaired) electrons. The van der Waals surface area contributed by atoms with Gasteiger partial charge in [0.2, 0.25) is 5.91 Å². The summed E-state index contributed by atoms with van der Waals surface area (Å²) in [5.41, 5.74) is 0.460. The van der Waals surface area contributed by atoms with Gasteiger partial charge >= 0.3 is 5.97 Å². The quantitative estimate of drug-likeness (QED) is 0.753. The van der Waals surface area contributed by atoms with Gasteiger partial charge in [-0.2, -0.15) is 0 Å². The van der Waals surface area contributed by atoms with Crippen LogP contribution in [0, 0.1) is 11.2 Å². The van der Waals surface area contributed by atoms with Gasteiger partial charge in [-0.05, 0) is 36.1 Å². The summed E-state index contributed by atoms with van der Waals surface area (Å²) >= 11 is 0. The average Bonchev–Trinajstić information content (AvgIpc) is 3.01. The first kappa shape index (κ1) is 19.7. The lowest BCUT2D eigenvalue weighted by molar-refractivity contribution is -0.150. The van der Waals surface area contributed by atoms with Crippen LogP contribution < -0.4 is 10.1 Å². The Balaban J connectivity index is 1.76. The molecule has 0 saturated heterocycles. The molecule has 8 heteroatoms. The second-order valence-electron chi connectivity index (χ2n) is 6.78. The highest BCUT2D eigenvalue weighted by Gasteiger charge is 2.45. The molecule has 2 aromatic rings. The third-order valence-electron chi connectivity index (χ3n) is 4.71. The first-order valence-corrected chi connectivity index (χ1v) is 8.60. The maximum absolute atomic E-state index is 13.4. The number of nitrogens with one attached hydrogen (secondary N) is 1. The van der Waals surface area contributed by atoms with Crippen molar-refractivity contribution in [2.24, 2.45) is 5.41 Å². The molecule has 1 aliphatic carbocycles. The summed E-state index contributed by atoms with van der Waals surface area (Å²) in [4.78, 5) is 24.5. The number of fused-ring (bicyclic) bond motifs is 1. The van der Waals surface area contributed by atoms with E-state index >= 15 is 0 Å². The number of anilines is 1. The van der Waals surface area contributed by atoms with Crippen LogP contribution in [0.15, 0.2) is 42.5 Å². The standard InChI is InChI=1S/C20H18F3NO4/c21-14-5-6-15(16(7-14)28-11-17(22)23)24-18(25)10-20(19(26)27)8-12-3-1-2-4-13(12)9-20/h1-7,17H,8-11H2,(H,24,25)(H,26,27). The van der Waals surface area contributed by atoms with Crippen molar-refractivity contribution in [1.29, 1.82) is 0 Å². The molecule has 0 aliphatic heterocycles. The summed E-state index contributed by atoms with van der Waals surface area (Å²) in [5.74, 6) is -2.67. The topological polar surface area (TPSA) is 75.6 Å². The van der Waals surface area contributed by atoms with Crippen LogP contribution in [0.25, 0.3) is 0 Å². The van der Waals surface area contributed by atoms with Crippen LogP contribution in [-0.4, -0.2) is 30.0 Å². The Kier molecular flexibility index (Phi) is 5.58. The Labute approximate surface area is 159 Å². The molecule has 0 bridgehead atoms. The molecule has 0 saturated carbocycles. The molecule has 3 rings (SSSR count). The maximum Gasteiger partial charge on any atom is 0.310 e. The van der Waals surface area contributed by atoms with E-state index in [1.807, 2.05) is 24.3 Å². The third kappa shape index (κ3) is 4.27. The molecule has 2 N–H and O–H groups in total. The van der Waals surface area contributed by atoms with Crippen LogP contribution in [0.5, 0.6) is 5.75 Å². The van der Waals surface area contributed by atoms with E-state index in [0.29, 0.717) is 0 Å². The molecular weight excluding hydrogens is 375 g/mol. The molecular formula is C20H18F3NO4. The fourth-order valence-electron chi connectivity index (χ4n) is 3.42. The van der Waals surface area contributed by atoms with Crippen molar-refractivity contribution in [2.75, 3.05) is 11.9 Å². The minimum atomic E-state index is -2.76. The maximum atomic E-state index is 13.4. The first-order valence-electron chi connectivity index (χ1n) is 8.60. The van der Waals surface area contributed by atoms with Gasteiger partial charge in [-0.15, -0.1) is 0 Å². The van der Waals surface area contributed by atoms with Gasteiger partial charge in [0.25, 0.3) is 6.43 Å². The largest absolute Gasteiger partial charge is 0.485 e. The van der Waals surface area contributed by atoms with Crippen LogP contribution in [0.3, 0.4) is 0 Å². The SMILES string of the molecule is O=C(CC1(C(=O)O)Cc2ccccc2C1)Nc1ccc(F)cc1OCC(F)F. The molecule has 0 aromatic heterocycles. The van der Waals surface area contributed by atoms with Gasteiger partial charge in [0.05, 0.1) is 11.1 Å². The number of carboxylic acids is 1. The second-order valence-corrected chi connectivity index (χ2v) is 6.78. The smallest absolute Gasteiger partial charge is 0.310 e. The Hall–Kier alpha value is -3.03. The predicted molar refractivity (Wildman–Crippen MR) is 95.1 cm³/mol. The van der Waals surface area contributed by atoms with Crippen LogP contribution in [-0.2, 0) is 22.4 Å². The van der Waals surface area contributed by atoms with Crippen molar-refractivity contribution in [1.82, 2.24) is 0 Å². The number of alkyl halides is 2. The summed E-state index contributed by atoms with van der Waals surface area (Å²) in [6.45, 7) is -0.958. The highest BCUT2D eigenvalue weighted by atomic mass is 19.3. The number of hydrogen-bond donors (Lipinski definition) is 2. The molecule has 148 valence electrons. The van der Waals surface area contributed by atoms with Crippen molar-refractivity contribution in [3.63, 3.8) is 0 Å². The number of ether oxygens (including phenoxy) is 1. The van der Waals surface area contributed by atoms with E-state index in [9.17, 15) is 27.9 Å². The highest BCUT2D eigenvalue weighted by molar-refractivity contribution is 5.96. The normalized spacial score (nSPS) is 14.6. The van der Waals surface area contributed by atoms with E-state index in [1.165, 1.54) is 6.07 Å². The number of amides is 1. The molecule has 0 spiro atoms. The van der Waals surface area contributed by atoms with E-state index in [2.05, 4.69) is 5.32 Å². The van der Waals surface area contributed by atoms with E-state index in [-0.39, 0.29) is 30.7 Å². The summed E-state index contributed by atoms with van der Waals surface area (Å²) in [6, 6.07) is 10.4. The third-order valence-corrected chi connectivity index (χ3v) is 4.71. The number of halogens is 3. The zero-order chi connectivity index (χ0) is 20.3. The van der Waals surface area contributed by atoms with Gasteiger partial charge in [-0.25, -0.2) is 13.2 Å². The van der Waals surface area contributed by atoms with Crippen LogP contribution in [0.4, 0.5) is 18.9 Å². The summed E-state index contributed by atoms with van der Waals surface area (Å²) in [5, 5.41) is 12.2. The Morgan fingerprint density at radius 1 is 1.14 bits per heavy atom. The van der Waals surface area contributed by atoms with Crippen LogP contribution in [0.1, 0.15) is 17.5 Å². The highest BCUT2D eigenvalue weighted by Crippen LogP contribution is 2.40. The minimum Gasteiger partial charge on any atom is -0.485 e. The zero-order valence-corrected chi connectivity index (χ0v) is 14.8. The summed E-state index contributed by atoms with van der Waals surface area (Å²) < 4.78 is 43.0. The Morgan fingerprint density at radius 3 is 2.36 bits per heavy atom. The Bertz CT molecular complexity index is 876. The Morgan fingerprint density at radius 2 is 1.79 bits per heavy atom. The van der Waals surface area contributed by atoms with Crippen molar-refractivity contribution in [3.05, 3.63) is 59.4 Å². The molecule has 2 aromatic carbocycles. The molecule has 0 fully saturated rings. The second kappa shape index (κ2) is 7.92. The molecule has 0 heterocycles. The monoisotopic (exact) mass is 393 g/mol. The van der Waals surface area contributed by atoms with Gasteiger partial charge in [-0.3, -0.25) is 9.59 Å².